The van der Waals surface area contributed by atoms with Crippen LogP contribution in [0, 0.1) is 24.0 Å². The number of non-ortho nitro benzene ring substituents is 1. The lowest BCUT2D eigenvalue weighted by molar-refractivity contribution is -0.384. The van der Waals surface area contributed by atoms with Gasteiger partial charge in [0.2, 0.25) is 5.88 Å². The zero-order chi connectivity index (χ0) is 19.6. The number of carbonyl (C=O) groups is 1. The maximum absolute atomic E-state index is 11.9. The van der Waals surface area contributed by atoms with E-state index in [1.54, 1.807) is 6.07 Å². The minimum Gasteiger partial charge on any atom is -0.493 e. The van der Waals surface area contributed by atoms with E-state index in [9.17, 15) is 20.0 Å². The van der Waals surface area contributed by atoms with E-state index in [-0.39, 0.29) is 29.2 Å². The summed E-state index contributed by atoms with van der Waals surface area (Å²) >= 11 is 0. The van der Waals surface area contributed by atoms with E-state index in [0.717, 1.165) is 11.1 Å². The van der Waals surface area contributed by atoms with Crippen LogP contribution in [-0.4, -0.2) is 27.5 Å². The zero-order valence-electron chi connectivity index (χ0n) is 14.6. The molecule has 0 aliphatic rings. The molecule has 138 valence electrons. The highest BCUT2D eigenvalue weighted by atomic mass is 16.6. The number of ether oxygens (including phenoxy) is 1. The number of hydrogen-bond acceptors (Lipinski definition) is 6. The molecule has 2 N–H and O–H groups in total. The van der Waals surface area contributed by atoms with Gasteiger partial charge in [0.25, 0.3) is 5.69 Å². The number of aromatic amines is 1. The van der Waals surface area contributed by atoms with Gasteiger partial charge in [0.1, 0.15) is 5.75 Å². The Hall–Kier alpha value is -3.75. The van der Waals surface area contributed by atoms with Gasteiger partial charge in [-0.25, -0.2) is 0 Å². The molecular formula is C18H16N4O5. The molecule has 27 heavy (non-hydrogen) atoms. The van der Waals surface area contributed by atoms with Crippen LogP contribution in [-0.2, 0) is 4.79 Å². The Morgan fingerprint density at radius 1 is 1.22 bits per heavy atom. The van der Waals surface area contributed by atoms with Crippen LogP contribution in [0.2, 0.25) is 0 Å². The second kappa shape index (κ2) is 7.24. The zero-order valence-corrected chi connectivity index (χ0v) is 14.6. The average molecular weight is 368 g/mol. The van der Waals surface area contributed by atoms with Crippen LogP contribution in [0.4, 0.5) is 11.4 Å². The molecule has 0 bridgehead atoms. The number of nitro benzene ring substituents is 1. The molecule has 0 atom stereocenters. The fourth-order valence-corrected chi connectivity index (χ4v) is 2.45. The van der Waals surface area contributed by atoms with Crippen molar-refractivity contribution in [2.45, 2.75) is 13.8 Å². The second-order valence-corrected chi connectivity index (χ2v) is 5.94. The van der Waals surface area contributed by atoms with Crippen molar-refractivity contribution in [3.8, 4) is 11.6 Å². The molecule has 0 fully saturated rings. The molecule has 0 aliphatic carbocycles. The highest BCUT2D eigenvalue weighted by Crippen LogP contribution is 2.37. The van der Waals surface area contributed by atoms with E-state index in [1.807, 2.05) is 26.0 Å². The van der Waals surface area contributed by atoms with Crippen LogP contribution in [0.1, 0.15) is 11.1 Å². The van der Waals surface area contributed by atoms with Gasteiger partial charge < -0.3 is 14.8 Å². The SMILES string of the molecule is Cc1ccc(OCC(=O)N=Nc2c(O)[nH]c3ccc([N+](=O)[O-])cc23)cc1C. The summed E-state index contributed by atoms with van der Waals surface area (Å²) in [6, 6.07) is 9.42. The van der Waals surface area contributed by atoms with Crippen molar-refractivity contribution >= 4 is 28.2 Å². The number of hydrogen-bond donors (Lipinski definition) is 2. The summed E-state index contributed by atoms with van der Waals surface area (Å²) in [5, 5.41) is 28.4. The summed E-state index contributed by atoms with van der Waals surface area (Å²) < 4.78 is 5.38. The first kappa shape index (κ1) is 18.1. The molecule has 3 aromatic rings. The predicted octanol–water partition coefficient (Wildman–Crippen LogP) is 4.09. The number of nitrogens with one attached hydrogen (secondary N) is 1. The Labute approximate surface area is 153 Å². The molecule has 9 heteroatoms. The van der Waals surface area contributed by atoms with Crippen molar-refractivity contribution in [3.63, 3.8) is 0 Å². The Morgan fingerprint density at radius 2 is 2.00 bits per heavy atom. The Kier molecular flexibility index (Phi) is 4.84. The topological polar surface area (TPSA) is 130 Å². The van der Waals surface area contributed by atoms with Gasteiger partial charge in [-0.1, -0.05) is 6.07 Å². The number of aryl methyl sites for hydroxylation is 2. The summed E-state index contributed by atoms with van der Waals surface area (Å²) in [5.41, 5.74) is 2.37. The van der Waals surface area contributed by atoms with Gasteiger partial charge in [0.15, 0.2) is 12.3 Å². The first-order valence-corrected chi connectivity index (χ1v) is 7.99. The molecule has 3 rings (SSSR count). The van der Waals surface area contributed by atoms with Crippen molar-refractivity contribution in [3.05, 3.63) is 57.6 Å². The lowest BCUT2D eigenvalue weighted by atomic mass is 10.1. The van der Waals surface area contributed by atoms with Crippen LogP contribution >= 0.6 is 0 Å². The van der Waals surface area contributed by atoms with Crippen LogP contribution in [0.15, 0.2) is 46.6 Å². The molecule has 2 aromatic carbocycles. The highest BCUT2D eigenvalue weighted by Gasteiger charge is 2.15. The molecular weight excluding hydrogens is 352 g/mol. The fraction of sp³-hybridized carbons (Fsp3) is 0.167. The normalized spacial score (nSPS) is 11.2. The van der Waals surface area contributed by atoms with Crippen LogP contribution in [0.5, 0.6) is 11.6 Å². The second-order valence-electron chi connectivity index (χ2n) is 5.94. The summed E-state index contributed by atoms with van der Waals surface area (Å²) in [7, 11) is 0. The number of fused-ring (bicyclic) bond motifs is 1. The van der Waals surface area contributed by atoms with Crippen molar-refractivity contribution in [1.82, 2.24) is 4.98 Å². The highest BCUT2D eigenvalue weighted by molar-refractivity contribution is 5.95. The molecule has 0 saturated carbocycles. The number of benzene rings is 2. The number of nitrogens with zero attached hydrogens (tertiary/aromatic N) is 3. The van der Waals surface area contributed by atoms with Crippen molar-refractivity contribution < 1.29 is 19.6 Å². The van der Waals surface area contributed by atoms with Gasteiger partial charge in [-0.05, 0) is 43.2 Å². The largest absolute Gasteiger partial charge is 0.493 e. The number of azo groups is 1. The van der Waals surface area contributed by atoms with Gasteiger partial charge >= 0.3 is 5.91 Å². The minimum absolute atomic E-state index is 0.0479. The van der Waals surface area contributed by atoms with Gasteiger partial charge in [0.05, 0.1) is 10.4 Å². The molecule has 0 saturated heterocycles. The van der Waals surface area contributed by atoms with Crippen LogP contribution in [0.3, 0.4) is 0 Å². The van der Waals surface area contributed by atoms with Crippen LogP contribution in [0.25, 0.3) is 10.9 Å². The lowest BCUT2D eigenvalue weighted by Crippen LogP contribution is -2.08. The predicted molar refractivity (Wildman–Crippen MR) is 97.6 cm³/mol. The number of amides is 1. The number of aromatic nitrogens is 1. The maximum atomic E-state index is 11.9. The van der Waals surface area contributed by atoms with Gasteiger partial charge in [-0.2, -0.15) is 0 Å². The quantitative estimate of drug-likeness (QED) is 0.398. The molecule has 0 radical (unpaired) electrons. The molecule has 0 spiro atoms. The standard InChI is InChI=1S/C18H16N4O5/c1-10-3-5-13(7-11(10)2)27-9-16(23)20-21-17-14-8-12(22(25)26)4-6-15(14)19-18(17)24/h3-8,19,24H,9H2,1-2H3. The monoisotopic (exact) mass is 368 g/mol. The van der Waals surface area contributed by atoms with E-state index in [0.29, 0.717) is 11.3 Å². The third kappa shape index (κ3) is 3.92. The summed E-state index contributed by atoms with van der Waals surface area (Å²) in [6.07, 6.45) is 0. The van der Waals surface area contributed by atoms with Gasteiger partial charge in [0, 0.05) is 17.5 Å². The average Bonchev–Trinajstić information content (AvgIpc) is 2.95. The molecule has 0 aliphatic heterocycles. The summed E-state index contributed by atoms with van der Waals surface area (Å²) in [4.78, 5) is 24.9. The maximum Gasteiger partial charge on any atom is 0.302 e. The Morgan fingerprint density at radius 3 is 2.70 bits per heavy atom. The Balaban J connectivity index is 1.75. The van der Waals surface area contributed by atoms with Crippen molar-refractivity contribution in [2.24, 2.45) is 10.2 Å². The molecule has 0 unspecified atom stereocenters. The number of rotatable bonds is 5. The smallest absolute Gasteiger partial charge is 0.302 e. The third-order valence-electron chi connectivity index (χ3n) is 4.05. The van der Waals surface area contributed by atoms with Crippen molar-refractivity contribution in [1.29, 1.82) is 0 Å². The number of aromatic hydroxyl groups is 1. The van der Waals surface area contributed by atoms with E-state index in [4.69, 9.17) is 4.74 Å². The lowest BCUT2D eigenvalue weighted by Gasteiger charge is -2.05. The number of H-pyrrole nitrogens is 1. The summed E-state index contributed by atoms with van der Waals surface area (Å²) in [5.74, 6) is -0.461. The van der Waals surface area contributed by atoms with E-state index in [1.165, 1.54) is 18.2 Å². The Bertz CT molecular complexity index is 1070. The number of carbonyl (C=O) groups excluding carboxylic acids is 1. The van der Waals surface area contributed by atoms with E-state index >= 15 is 0 Å². The molecule has 1 heterocycles. The van der Waals surface area contributed by atoms with Crippen molar-refractivity contribution in [2.75, 3.05) is 6.61 Å². The first-order valence-electron chi connectivity index (χ1n) is 7.99. The number of nitro groups is 1. The van der Waals surface area contributed by atoms with Gasteiger partial charge in [-0.15, -0.1) is 10.2 Å². The fourth-order valence-electron chi connectivity index (χ4n) is 2.45. The van der Waals surface area contributed by atoms with E-state index in [2.05, 4.69) is 15.2 Å². The summed E-state index contributed by atoms with van der Waals surface area (Å²) in [6.45, 7) is 3.58. The third-order valence-corrected chi connectivity index (χ3v) is 4.05. The van der Waals surface area contributed by atoms with E-state index < -0.39 is 10.8 Å². The molecule has 1 amide bonds. The van der Waals surface area contributed by atoms with Crippen LogP contribution < -0.4 is 4.74 Å². The molecule has 9 nitrogen and oxygen atoms in total. The molecule has 1 aromatic heterocycles. The first-order chi connectivity index (χ1) is 12.8. The van der Waals surface area contributed by atoms with Gasteiger partial charge in [-0.3, -0.25) is 14.9 Å². The minimum atomic E-state index is -0.660.